The van der Waals surface area contributed by atoms with Crippen LogP contribution in [0.1, 0.15) is 33.6 Å². The van der Waals surface area contributed by atoms with Gasteiger partial charge in [0.25, 0.3) is 0 Å². The van der Waals surface area contributed by atoms with Crippen LogP contribution in [0.5, 0.6) is 0 Å². The quantitative estimate of drug-likeness (QED) is 0.389. The number of hydrogen-bond acceptors (Lipinski definition) is 4. The van der Waals surface area contributed by atoms with Crippen molar-refractivity contribution in [3.05, 3.63) is 0 Å². The highest BCUT2D eigenvalue weighted by Crippen LogP contribution is 1.97. The lowest BCUT2D eigenvalue weighted by Crippen LogP contribution is -2.13. The third-order valence-electron chi connectivity index (χ3n) is 1.56. The fraction of sp³-hybridized carbons (Fsp3) is 0.800. The average Bonchev–Trinajstić information content (AvgIpc) is 2.16. The van der Waals surface area contributed by atoms with Crippen molar-refractivity contribution >= 4 is 23.2 Å². The molecule has 3 nitrogen and oxygen atoms in total. The zero-order chi connectivity index (χ0) is 11.0. The predicted octanol–water partition coefficient (Wildman–Crippen LogP) is 2.33. The third kappa shape index (κ3) is 6.83. The van der Waals surface area contributed by atoms with Crippen molar-refractivity contribution in [3.8, 4) is 0 Å². The highest BCUT2D eigenvalue weighted by atomic mass is 32.1. The number of thiocarbonyl (C=S) groups is 1. The predicted molar refractivity (Wildman–Crippen MR) is 59.3 cm³/mol. The summed E-state index contributed by atoms with van der Waals surface area (Å²) >= 11 is 4.87. The van der Waals surface area contributed by atoms with Crippen molar-refractivity contribution in [2.24, 2.45) is 5.92 Å². The van der Waals surface area contributed by atoms with Crippen molar-refractivity contribution in [1.82, 2.24) is 0 Å². The van der Waals surface area contributed by atoms with Gasteiger partial charge < -0.3 is 9.47 Å². The van der Waals surface area contributed by atoms with Crippen LogP contribution in [0.25, 0.3) is 0 Å². The Bertz CT molecular complexity index is 190. The average molecular weight is 218 g/mol. The Morgan fingerprint density at radius 2 is 1.86 bits per heavy atom. The molecule has 0 aliphatic rings. The highest BCUT2D eigenvalue weighted by Gasteiger charge is 2.07. The van der Waals surface area contributed by atoms with E-state index in [4.69, 9.17) is 21.7 Å². The van der Waals surface area contributed by atoms with E-state index < -0.39 is 0 Å². The molecule has 82 valence electrons. The second-order valence-corrected chi connectivity index (χ2v) is 3.71. The topological polar surface area (TPSA) is 35.5 Å². The van der Waals surface area contributed by atoms with Gasteiger partial charge in [-0.25, -0.2) is 0 Å². The molecule has 0 aliphatic carbocycles. The van der Waals surface area contributed by atoms with Crippen LogP contribution >= 0.6 is 12.2 Å². The summed E-state index contributed by atoms with van der Waals surface area (Å²) in [4.78, 5) is 11.0. The van der Waals surface area contributed by atoms with Crippen LogP contribution < -0.4 is 0 Å². The molecular formula is C10H18O3S. The molecule has 4 heteroatoms. The first-order valence-electron chi connectivity index (χ1n) is 4.90. The largest absolute Gasteiger partial charge is 0.487 e. The fourth-order valence-electron chi connectivity index (χ4n) is 0.686. The zero-order valence-corrected chi connectivity index (χ0v) is 9.86. The smallest absolute Gasteiger partial charge is 0.308 e. The van der Waals surface area contributed by atoms with E-state index >= 15 is 0 Å². The molecule has 0 N–H and O–H groups in total. The summed E-state index contributed by atoms with van der Waals surface area (Å²) < 4.78 is 10.1. The number of ether oxygens (including phenoxy) is 2. The molecule has 0 saturated heterocycles. The first-order valence-corrected chi connectivity index (χ1v) is 5.31. The maximum atomic E-state index is 11.0. The fourth-order valence-corrected chi connectivity index (χ4v) is 0.770. The summed E-state index contributed by atoms with van der Waals surface area (Å²) in [6, 6.07) is 0. The van der Waals surface area contributed by atoms with Crippen LogP contribution in [-0.2, 0) is 14.3 Å². The second kappa shape index (κ2) is 7.74. The molecule has 0 heterocycles. The number of carbonyl (C=O) groups is 1. The Morgan fingerprint density at radius 3 is 2.36 bits per heavy atom. The molecule has 0 rings (SSSR count). The Morgan fingerprint density at radius 1 is 1.29 bits per heavy atom. The van der Waals surface area contributed by atoms with E-state index in [-0.39, 0.29) is 11.9 Å². The van der Waals surface area contributed by atoms with E-state index in [1.54, 1.807) is 0 Å². The lowest BCUT2D eigenvalue weighted by atomic mass is 10.2. The summed E-state index contributed by atoms with van der Waals surface area (Å²) in [5.41, 5.74) is 0. The van der Waals surface area contributed by atoms with Gasteiger partial charge in [0.2, 0.25) is 0 Å². The van der Waals surface area contributed by atoms with Crippen molar-refractivity contribution in [1.29, 1.82) is 0 Å². The minimum Gasteiger partial charge on any atom is -0.487 e. The number of rotatable bonds is 6. The van der Waals surface area contributed by atoms with Gasteiger partial charge in [-0.1, -0.05) is 20.8 Å². The SMILES string of the molecule is CCC(=S)OCCCOC(=O)C(C)C. The van der Waals surface area contributed by atoms with E-state index in [1.165, 1.54) is 0 Å². The second-order valence-electron chi connectivity index (χ2n) is 3.25. The molecule has 0 radical (unpaired) electrons. The first kappa shape index (κ1) is 13.4. The van der Waals surface area contributed by atoms with Gasteiger partial charge in [-0.2, -0.15) is 0 Å². The lowest BCUT2D eigenvalue weighted by molar-refractivity contribution is -0.147. The highest BCUT2D eigenvalue weighted by molar-refractivity contribution is 7.80. The Balaban J connectivity index is 3.30. The molecule has 14 heavy (non-hydrogen) atoms. The lowest BCUT2D eigenvalue weighted by Gasteiger charge is -2.07. The van der Waals surface area contributed by atoms with Crippen LogP contribution in [0.4, 0.5) is 0 Å². The van der Waals surface area contributed by atoms with Crippen molar-refractivity contribution in [2.75, 3.05) is 13.2 Å². The van der Waals surface area contributed by atoms with Gasteiger partial charge in [0, 0.05) is 12.8 Å². The molecule has 0 saturated carbocycles. The van der Waals surface area contributed by atoms with E-state index in [0.29, 0.717) is 24.7 Å². The number of esters is 1. The summed E-state index contributed by atoms with van der Waals surface area (Å²) in [5, 5.41) is 0.611. The van der Waals surface area contributed by atoms with Crippen LogP contribution in [0.3, 0.4) is 0 Å². The maximum absolute atomic E-state index is 11.0. The van der Waals surface area contributed by atoms with Crippen LogP contribution in [0, 0.1) is 5.92 Å². The Hall–Kier alpha value is -0.640. The van der Waals surface area contributed by atoms with Crippen LogP contribution in [0.15, 0.2) is 0 Å². The first-order chi connectivity index (χ1) is 6.57. The van der Waals surface area contributed by atoms with E-state index in [2.05, 4.69) is 0 Å². The minimum absolute atomic E-state index is 0.0624. The monoisotopic (exact) mass is 218 g/mol. The molecule has 0 bridgehead atoms. The molecule has 0 unspecified atom stereocenters. The summed E-state index contributed by atoms with van der Waals surface area (Å²) in [5.74, 6) is -0.226. The molecule has 0 fully saturated rings. The Kier molecular flexibility index (Phi) is 7.38. The maximum Gasteiger partial charge on any atom is 0.308 e. The van der Waals surface area contributed by atoms with Crippen LogP contribution in [0.2, 0.25) is 0 Å². The number of hydrogen-bond donors (Lipinski definition) is 0. The molecule has 0 aromatic carbocycles. The third-order valence-corrected chi connectivity index (χ3v) is 1.96. The van der Waals surface area contributed by atoms with E-state index in [1.807, 2.05) is 20.8 Å². The molecule has 0 aliphatic heterocycles. The van der Waals surface area contributed by atoms with Gasteiger partial charge in [-0.15, -0.1) is 0 Å². The molecule has 0 spiro atoms. The minimum atomic E-state index is -0.164. The van der Waals surface area contributed by atoms with Gasteiger partial charge in [-0.3, -0.25) is 4.79 Å². The molecule has 0 aromatic heterocycles. The summed E-state index contributed by atoms with van der Waals surface area (Å²) in [7, 11) is 0. The van der Waals surface area contributed by atoms with Gasteiger partial charge >= 0.3 is 5.97 Å². The molecule has 0 amide bonds. The standard InChI is InChI=1S/C10H18O3S/c1-4-9(14)12-6-5-7-13-10(11)8(2)3/h8H,4-7H2,1-3H3. The zero-order valence-electron chi connectivity index (χ0n) is 9.04. The van der Waals surface area contributed by atoms with E-state index in [9.17, 15) is 4.79 Å². The van der Waals surface area contributed by atoms with Crippen molar-refractivity contribution in [2.45, 2.75) is 33.6 Å². The summed E-state index contributed by atoms with van der Waals surface area (Å²) in [6.45, 7) is 6.50. The molecule has 0 atom stereocenters. The van der Waals surface area contributed by atoms with Gasteiger partial charge in [0.15, 0.2) is 5.05 Å². The summed E-state index contributed by atoms with van der Waals surface area (Å²) in [6.07, 6.45) is 1.44. The number of carbonyl (C=O) groups excluding carboxylic acids is 1. The van der Waals surface area contributed by atoms with Gasteiger partial charge in [0.05, 0.1) is 19.1 Å². The van der Waals surface area contributed by atoms with Crippen LogP contribution in [-0.4, -0.2) is 24.2 Å². The van der Waals surface area contributed by atoms with Crippen molar-refractivity contribution < 1.29 is 14.3 Å². The Labute approximate surface area is 90.8 Å². The molecule has 0 aromatic rings. The molecular weight excluding hydrogens is 200 g/mol. The van der Waals surface area contributed by atoms with Gasteiger partial charge in [-0.05, 0) is 12.2 Å². The van der Waals surface area contributed by atoms with Gasteiger partial charge in [0.1, 0.15) is 0 Å². The van der Waals surface area contributed by atoms with E-state index in [0.717, 1.165) is 6.42 Å². The van der Waals surface area contributed by atoms with Crippen molar-refractivity contribution in [3.63, 3.8) is 0 Å². The normalized spacial score (nSPS) is 10.0.